The fourth-order valence-electron chi connectivity index (χ4n) is 2.32. The van der Waals surface area contributed by atoms with Crippen LogP contribution in [0.4, 0.5) is 0 Å². The zero-order chi connectivity index (χ0) is 11.7. The Labute approximate surface area is 94.1 Å². The molecule has 1 N–H and O–H groups in total. The van der Waals surface area contributed by atoms with Gasteiger partial charge in [-0.1, -0.05) is 0 Å². The lowest BCUT2D eigenvalue weighted by Crippen LogP contribution is -2.61. The SMILES string of the molecule is CN(C)C1(CO)CCCN(C(C)(C)C)C1. The van der Waals surface area contributed by atoms with Gasteiger partial charge in [0, 0.05) is 12.1 Å². The predicted octanol–water partition coefficient (Wildman–Crippen LogP) is 1.17. The molecular weight excluding hydrogens is 188 g/mol. The van der Waals surface area contributed by atoms with E-state index in [4.69, 9.17) is 0 Å². The van der Waals surface area contributed by atoms with Crippen molar-refractivity contribution in [1.29, 1.82) is 0 Å². The molecular formula is C12H26N2O. The van der Waals surface area contributed by atoms with E-state index in [9.17, 15) is 5.11 Å². The highest BCUT2D eigenvalue weighted by molar-refractivity contribution is 4.97. The van der Waals surface area contributed by atoms with Crippen molar-refractivity contribution in [2.45, 2.75) is 44.7 Å². The third-order valence-corrected chi connectivity index (χ3v) is 3.75. The van der Waals surface area contributed by atoms with E-state index < -0.39 is 0 Å². The Balaban J connectivity index is 2.78. The first-order valence-corrected chi connectivity index (χ1v) is 5.85. The highest BCUT2D eigenvalue weighted by Gasteiger charge is 2.39. The van der Waals surface area contributed by atoms with E-state index in [1.165, 1.54) is 6.42 Å². The number of rotatable bonds is 2. The zero-order valence-corrected chi connectivity index (χ0v) is 10.9. The summed E-state index contributed by atoms with van der Waals surface area (Å²) in [6.45, 7) is 9.12. The third kappa shape index (κ3) is 2.71. The van der Waals surface area contributed by atoms with Crippen molar-refractivity contribution in [3.05, 3.63) is 0 Å². The molecule has 0 radical (unpaired) electrons. The van der Waals surface area contributed by atoms with Crippen LogP contribution in [0.15, 0.2) is 0 Å². The van der Waals surface area contributed by atoms with Gasteiger partial charge in [-0.3, -0.25) is 4.90 Å². The lowest BCUT2D eigenvalue weighted by molar-refractivity contribution is -0.0296. The Morgan fingerprint density at radius 3 is 2.33 bits per heavy atom. The van der Waals surface area contributed by atoms with Crippen molar-refractivity contribution in [2.75, 3.05) is 33.8 Å². The lowest BCUT2D eigenvalue weighted by Gasteiger charge is -2.50. The molecule has 0 bridgehead atoms. The van der Waals surface area contributed by atoms with Crippen LogP contribution in [0, 0.1) is 0 Å². The maximum atomic E-state index is 9.63. The molecule has 90 valence electrons. The molecule has 1 heterocycles. The molecule has 0 aromatic carbocycles. The number of likely N-dealkylation sites (N-methyl/N-ethyl adjacent to an activating group) is 1. The summed E-state index contributed by atoms with van der Waals surface area (Å²) in [4.78, 5) is 4.66. The average molecular weight is 214 g/mol. The van der Waals surface area contributed by atoms with E-state index in [2.05, 4.69) is 44.7 Å². The lowest BCUT2D eigenvalue weighted by atomic mass is 9.86. The normalized spacial score (nSPS) is 29.8. The summed E-state index contributed by atoms with van der Waals surface area (Å²) in [6, 6.07) is 0. The predicted molar refractivity (Wildman–Crippen MR) is 64.1 cm³/mol. The molecule has 0 aliphatic carbocycles. The maximum Gasteiger partial charge on any atom is 0.0627 e. The quantitative estimate of drug-likeness (QED) is 0.747. The maximum absolute atomic E-state index is 9.63. The van der Waals surface area contributed by atoms with Gasteiger partial charge in [-0.05, 0) is 54.3 Å². The minimum Gasteiger partial charge on any atom is -0.394 e. The van der Waals surface area contributed by atoms with Crippen LogP contribution in [-0.4, -0.2) is 59.8 Å². The van der Waals surface area contributed by atoms with Crippen LogP contribution in [-0.2, 0) is 0 Å². The number of likely N-dealkylation sites (tertiary alicyclic amines) is 1. The first-order chi connectivity index (χ1) is 6.82. The minimum absolute atomic E-state index is 0.0362. The summed E-state index contributed by atoms with van der Waals surface area (Å²) in [5.74, 6) is 0. The second-order valence-electron chi connectivity index (χ2n) is 5.97. The number of aliphatic hydroxyl groups excluding tert-OH is 1. The average Bonchev–Trinajstić information content (AvgIpc) is 2.16. The highest BCUT2D eigenvalue weighted by atomic mass is 16.3. The van der Waals surface area contributed by atoms with Crippen LogP contribution in [0.5, 0.6) is 0 Å². The summed E-state index contributed by atoms with van der Waals surface area (Å²) < 4.78 is 0. The molecule has 0 aromatic rings. The second kappa shape index (κ2) is 4.40. The van der Waals surface area contributed by atoms with Crippen LogP contribution in [0.25, 0.3) is 0 Å². The second-order valence-corrected chi connectivity index (χ2v) is 5.97. The molecule has 0 spiro atoms. The van der Waals surface area contributed by atoms with Crippen molar-refractivity contribution in [1.82, 2.24) is 9.80 Å². The fraction of sp³-hybridized carbons (Fsp3) is 1.00. The first-order valence-electron chi connectivity index (χ1n) is 5.85. The van der Waals surface area contributed by atoms with Crippen molar-refractivity contribution in [3.63, 3.8) is 0 Å². The monoisotopic (exact) mass is 214 g/mol. The summed E-state index contributed by atoms with van der Waals surface area (Å²) in [7, 11) is 4.14. The molecule has 15 heavy (non-hydrogen) atoms. The summed E-state index contributed by atoms with van der Waals surface area (Å²) >= 11 is 0. The summed E-state index contributed by atoms with van der Waals surface area (Å²) in [5, 5.41) is 9.63. The van der Waals surface area contributed by atoms with Gasteiger partial charge in [-0.25, -0.2) is 0 Å². The van der Waals surface area contributed by atoms with E-state index in [0.29, 0.717) is 0 Å². The van der Waals surface area contributed by atoms with E-state index >= 15 is 0 Å². The molecule has 1 aliphatic rings. The fourth-order valence-corrected chi connectivity index (χ4v) is 2.32. The van der Waals surface area contributed by atoms with E-state index in [1.807, 2.05) is 0 Å². The number of nitrogens with zero attached hydrogens (tertiary/aromatic N) is 2. The van der Waals surface area contributed by atoms with Gasteiger partial charge in [0.05, 0.1) is 12.1 Å². The van der Waals surface area contributed by atoms with Crippen LogP contribution in [0.3, 0.4) is 0 Å². The Hall–Kier alpha value is -0.120. The van der Waals surface area contributed by atoms with Gasteiger partial charge in [0.25, 0.3) is 0 Å². The molecule has 1 aliphatic heterocycles. The molecule has 3 heteroatoms. The van der Waals surface area contributed by atoms with E-state index in [-0.39, 0.29) is 17.7 Å². The number of aliphatic hydroxyl groups is 1. The van der Waals surface area contributed by atoms with Gasteiger partial charge in [0.15, 0.2) is 0 Å². The Kier molecular flexibility index (Phi) is 3.80. The van der Waals surface area contributed by atoms with Gasteiger partial charge in [0.1, 0.15) is 0 Å². The molecule has 1 unspecified atom stereocenters. The summed E-state index contributed by atoms with van der Waals surface area (Å²) in [5.41, 5.74) is 0.169. The van der Waals surface area contributed by atoms with Crippen LogP contribution < -0.4 is 0 Å². The smallest absolute Gasteiger partial charge is 0.0627 e. The third-order valence-electron chi connectivity index (χ3n) is 3.75. The Bertz CT molecular complexity index is 210. The number of hydrogen-bond acceptors (Lipinski definition) is 3. The van der Waals surface area contributed by atoms with Gasteiger partial charge in [0.2, 0.25) is 0 Å². The Morgan fingerprint density at radius 1 is 1.33 bits per heavy atom. The van der Waals surface area contributed by atoms with Gasteiger partial charge in [-0.2, -0.15) is 0 Å². The van der Waals surface area contributed by atoms with E-state index in [1.54, 1.807) is 0 Å². The van der Waals surface area contributed by atoms with Crippen LogP contribution in [0.1, 0.15) is 33.6 Å². The van der Waals surface area contributed by atoms with Crippen LogP contribution >= 0.6 is 0 Å². The molecule has 1 atom stereocenters. The highest BCUT2D eigenvalue weighted by Crippen LogP contribution is 2.29. The van der Waals surface area contributed by atoms with Gasteiger partial charge in [-0.15, -0.1) is 0 Å². The molecule has 0 amide bonds. The molecule has 0 aromatic heterocycles. The molecule has 1 saturated heterocycles. The molecule has 1 fully saturated rings. The van der Waals surface area contributed by atoms with Gasteiger partial charge >= 0.3 is 0 Å². The summed E-state index contributed by atoms with van der Waals surface area (Å²) in [6.07, 6.45) is 2.28. The minimum atomic E-state index is -0.0362. The molecule has 0 saturated carbocycles. The Morgan fingerprint density at radius 2 is 1.93 bits per heavy atom. The standard InChI is InChI=1S/C12H26N2O/c1-11(2,3)14-8-6-7-12(9-14,10-15)13(4)5/h15H,6-10H2,1-5H3. The first kappa shape index (κ1) is 12.9. The van der Waals surface area contributed by atoms with Crippen molar-refractivity contribution in [2.24, 2.45) is 0 Å². The molecule has 1 rings (SSSR count). The number of hydrogen-bond donors (Lipinski definition) is 1. The van der Waals surface area contributed by atoms with Crippen molar-refractivity contribution >= 4 is 0 Å². The van der Waals surface area contributed by atoms with Crippen LogP contribution in [0.2, 0.25) is 0 Å². The largest absolute Gasteiger partial charge is 0.394 e. The zero-order valence-electron chi connectivity index (χ0n) is 10.9. The van der Waals surface area contributed by atoms with E-state index in [0.717, 1.165) is 19.5 Å². The molecule has 3 nitrogen and oxygen atoms in total. The van der Waals surface area contributed by atoms with Gasteiger partial charge < -0.3 is 10.0 Å². The number of piperidine rings is 1. The topological polar surface area (TPSA) is 26.7 Å². The van der Waals surface area contributed by atoms with Crippen molar-refractivity contribution < 1.29 is 5.11 Å². The van der Waals surface area contributed by atoms with Crippen molar-refractivity contribution in [3.8, 4) is 0 Å².